The summed E-state index contributed by atoms with van der Waals surface area (Å²) in [5, 5.41) is 3.00. The van der Waals surface area contributed by atoms with Crippen LogP contribution in [-0.4, -0.2) is 31.7 Å². The molecule has 1 aliphatic carbocycles. The van der Waals surface area contributed by atoms with Gasteiger partial charge in [-0.25, -0.2) is 0 Å². The van der Waals surface area contributed by atoms with Crippen LogP contribution < -0.4 is 14.8 Å². The summed E-state index contributed by atoms with van der Waals surface area (Å²) in [6.45, 7) is 5.11. The summed E-state index contributed by atoms with van der Waals surface area (Å²) < 4.78 is 16.7. The highest BCUT2D eigenvalue weighted by Gasteiger charge is 2.25. The molecule has 0 spiro atoms. The van der Waals surface area contributed by atoms with Crippen molar-refractivity contribution in [2.24, 2.45) is 11.8 Å². The van der Waals surface area contributed by atoms with Crippen molar-refractivity contribution in [1.82, 2.24) is 5.32 Å². The molecule has 3 rings (SSSR count). The molecule has 154 valence electrons. The summed E-state index contributed by atoms with van der Waals surface area (Å²) in [6.07, 6.45) is 5.88. The molecule has 6 heteroatoms. The standard InChI is InChI=1S/C22H31NO5/c1-15(2)21(17-9-10-18-19(13-17)27-12-6-11-26-18)23-20(24)14-28-22(25)16-7-4-3-5-8-16/h9-10,13,15-16,21H,3-8,11-12,14H2,1-2H3,(H,23,24)/t21-/m0/s1. The number of carbonyl (C=O) groups is 2. The molecule has 2 aliphatic rings. The molecule has 1 fully saturated rings. The van der Waals surface area contributed by atoms with Gasteiger partial charge in [0.2, 0.25) is 0 Å². The number of rotatable bonds is 6. The van der Waals surface area contributed by atoms with Crippen LogP contribution >= 0.6 is 0 Å². The van der Waals surface area contributed by atoms with Gasteiger partial charge in [0.1, 0.15) is 0 Å². The molecule has 6 nitrogen and oxygen atoms in total. The van der Waals surface area contributed by atoms with Gasteiger partial charge in [0.05, 0.1) is 25.2 Å². The number of fused-ring (bicyclic) bond motifs is 1. The van der Waals surface area contributed by atoms with Crippen molar-refractivity contribution < 1.29 is 23.8 Å². The average molecular weight is 389 g/mol. The second kappa shape index (κ2) is 9.80. The van der Waals surface area contributed by atoms with Crippen LogP contribution in [0.4, 0.5) is 0 Å². The van der Waals surface area contributed by atoms with Gasteiger partial charge >= 0.3 is 5.97 Å². The van der Waals surface area contributed by atoms with E-state index in [1.807, 2.05) is 32.0 Å². The van der Waals surface area contributed by atoms with E-state index >= 15 is 0 Å². The Labute approximate surface area is 166 Å². The molecular weight excluding hydrogens is 358 g/mol. The summed E-state index contributed by atoms with van der Waals surface area (Å²) in [4.78, 5) is 24.6. The van der Waals surface area contributed by atoms with Crippen LogP contribution in [-0.2, 0) is 14.3 Å². The van der Waals surface area contributed by atoms with Gasteiger partial charge in [-0.05, 0) is 36.5 Å². The molecule has 1 amide bonds. The fourth-order valence-corrected chi connectivity index (χ4v) is 3.82. The van der Waals surface area contributed by atoms with Gasteiger partial charge in [-0.2, -0.15) is 0 Å². The van der Waals surface area contributed by atoms with Crippen molar-refractivity contribution in [2.75, 3.05) is 19.8 Å². The summed E-state index contributed by atoms with van der Waals surface area (Å²) in [5.74, 6) is 1.03. The molecule has 1 aromatic carbocycles. The van der Waals surface area contributed by atoms with Crippen molar-refractivity contribution in [3.63, 3.8) is 0 Å². The van der Waals surface area contributed by atoms with E-state index in [0.717, 1.165) is 43.4 Å². The highest BCUT2D eigenvalue weighted by molar-refractivity contribution is 5.81. The van der Waals surface area contributed by atoms with E-state index in [-0.39, 0.29) is 36.4 Å². The molecule has 0 unspecified atom stereocenters. The van der Waals surface area contributed by atoms with Crippen molar-refractivity contribution in [1.29, 1.82) is 0 Å². The van der Waals surface area contributed by atoms with Crippen molar-refractivity contribution in [3.8, 4) is 11.5 Å². The normalized spacial score (nSPS) is 18.2. The Hall–Kier alpha value is -2.24. The van der Waals surface area contributed by atoms with E-state index in [0.29, 0.717) is 19.0 Å². The highest BCUT2D eigenvalue weighted by Crippen LogP contribution is 2.34. The molecule has 28 heavy (non-hydrogen) atoms. The molecule has 1 aliphatic heterocycles. The predicted octanol–water partition coefficient (Wildman–Crippen LogP) is 3.78. The van der Waals surface area contributed by atoms with Gasteiger partial charge in [-0.3, -0.25) is 9.59 Å². The fourth-order valence-electron chi connectivity index (χ4n) is 3.82. The Kier molecular flexibility index (Phi) is 7.18. The van der Waals surface area contributed by atoms with E-state index in [1.165, 1.54) is 6.42 Å². The third kappa shape index (κ3) is 5.40. The molecule has 1 atom stereocenters. The molecule has 1 saturated carbocycles. The number of hydrogen-bond acceptors (Lipinski definition) is 5. The monoisotopic (exact) mass is 389 g/mol. The van der Waals surface area contributed by atoms with E-state index in [4.69, 9.17) is 14.2 Å². The smallest absolute Gasteiger partial charge is 0.309 e. The summed E-state index contributed by atoms with van der Waals surface area (Å²) in [6, 6.07) is 5.57. The van der Waals surface area contributed by atoms with Gasteiger partial charge in [0.15, 0.2) is 18.1 Å². The largest absolute Gasteiger partial charge is 0.490 e. The SMILES string of the molecule is CC(C)[C@H](NC(=O)COC(=O)C1CCCCC1)c1ccc2c(c1)OCCCO2. The Morgan fingerprint density at radius 1 is 1.07 bits per heavy atom. The number of amides is 1. The predicted molar refractivity (Wildman–Crippen MR) is 105 cm³/mol. The Morgan fingerprint density at radius 3 is 2.50 bits per heavy atom. The Bertz CT molecular complexity index is 682. The van der Waals surface area contributed by atoms with Crippen LogP contribution in [0.3, 0.4) is 0 Å². The summed E-state index contributed by atoms with van der Waals surface area (Å²) in [7, 11) is 0. The number of esters is 1. The number of benzene rings is 1. The molecule has 1 N–H and O–H groups in total. The quantitative estimate of drug-likeness (QED) is 0.750. The van der Waals surface area contributed by atoms with Gasteiger partial charge in [-0.15, -0.1) is 0 Å². The van der Waals surface area contributed by atoms with Gasteiger partial charge < -0.3 is 19.5 Å². The van der Waals surface area contributed by atoms with E-state index in [2.05, 4.69) is 5.32 Å². The maximum absolute atomic E-state index is 12.4. The first-order valence-corrected chi connectivity index (χ1v) is 10.4. The zero-order valence-corrected chi connectivity index (χ0v) is 16.9. The molecule has 0 saturated heterocycles. The fraction of sp³-hybridized carbons (Fsp3) is 0.636. The molecule has 0 bridgehead atoms. The minimum atomic E-state index is -0.282. The second-order valence-corrected chi connectivity index (χ2v) is 7.99. The first-order chi connectivity index (χ1) is 13.5. The van der Waals surface area contributed by atoms with Crippen molar-refractivity contribution in [2.45, 2.75) is 58.4 Å². The first-order valence-electron chi connectivity index (χ1n) is 10.4. The van der Waals surface area contributed by atoms with Crippen LogP contribution in [0.15, 0.2) is 18.2 Å². The number of hydrogen-bond donors (Lipinski definition) is 1. The maximum Gasteiger partial charge on any atom is 0.309 e. The molecule has 0 aromatic heterocycles. The van der Waals surface area contributed by atoms with Crippen LogP contribution in [0, 0.1) is 11.8 Å². The van der Waals surface area contributed by atoms with E-state index in [1.54, 1.807) is 0 Å². The lowest BCUT2D eigenvalue weighted by Crippen LogP contribution is -2.35. The Morgan fingerprint density at radius 2 is 1.79 bits per heavy atom. The number of carbonyl (C=O) groups excluding carboxylic acids is 2. The van der Waals surface area contributed by atoms with Crippen LogP contribution in [0.5, 0.6) is 11.5 Å². The topological polar surface area (TPSA) is 73.9 Å². The van der Waals surface area contributed by atoms with Crippen molar-refractivity contribution in [3.05, 3.63) is 23.8 Å². The lowest BCUT2D eigenvalue weighted by atomic mass is 9.89. The molecule has 0 radical (unpaired) electrons. The maximum atomic E-state index is 12.4. The number of ether oxygens (including phenoxy) is 3. The van der Waals surface area contributed by atoms with Gasteiger partial charge in [0.25, 0.3) is 5.91 Å². The third-order valence-corrected chi connectivity index (χ3v) is 5.40. The van der Waals surface area contributed by atoms with Gasteiger partial charge in [-0.1, -0.05) is 39.2 Å². The number of nitrogens with one attached hydrogen (secondary N) is 1. The van der Waals surface area contributed by atoms with Crippen molar-refractivity contribution >= 4 is 11.9 Å². The lowest BCUT2D eigenvalue weighted by molar-refractivity contribution is -0.153. The summed E-state index contributed by atoms with van der Waals surface area (Å²) >= 11 is 0. The van der Waals surface area contributed by atoms with Gasteiger partial charge in [0, 0.05) is 6.42 Å². The molecular formula is C22H31NO5. The average Bonchev–Trinajstić information content (AvgIpc) is 2.95. The summed E-state index contributed by atoms with van der Waals surface area (Å²) in [5.41, 5.74) is 0.950. The highest BCUT2D eigenvalue weighted by atomic mass is 16.5. The minimum absolute atomic E-state index is 0.0517. The van der Waals surface area contributed by atoms with Crippen LogP contribution in [0.1, 0.15) is 64.0 Å². The minimum Gasteiger partial charge on any atom is -0.490 e. The van der Waals surface area contributed by atoms with E-state index < -0.39 is 0 Å². The Balaban J connectivity index is 1.59. The zero-order chi connectivity index (χ0) is 19.9. The molecule has 1 aromatic rings. The zero-order valence-electron chi connectivity index (χ0n) is 16.9. The third-order valence-electron chi connectivity index (χ3n) is 5.40. The lowest BCUT2D eigenvalue weighted by Gasteiger charge is -2.24. The second-order valence-electron chi connectivity index (χ2n) is 7.99. The first kappa shape index (κ1) is 20.5. The molecule has 1 heterocycles. The van der Waals surface area contributed by atoms with Crippen LogP contribution in [0.2, 0.25) is 0 Å². The van der Waals surface area contributed by atoms with E-state index in [9.17, 15) is 9.59 Å². The van der Waals surface area contributed by atoms with Crippen LogP contribution in [0.25, 0.3) is 0 Å².